The van der Waals surface area contributed by atoms with E-state index < -0.39 is 0 Å². The molecule has 0 aliphatic rings. The molecule has 0 bridgehead atoms. The zero-order chi connectivity index (χ0) is 8.10. The molecule has 0 aliphatic heterocycles. The molecule has 1 rings (SSSR count). The Morgan fingerprint density at radius 3 is 2.36 bits per heavy atom. The van der Waals surface area contributed by atoms with Crippen LogP contribution in [0.5, 0.6) is 0 Å². The van der Waals surface area contributed by atoms with Gasteiger partial charge in [-0.05, 0) is 31.0 Å². The number of nitrogens with one attached hydrogen (secondary N) is 1. The predicted octanol–water partition coefficient (Wildman–Crippen LogP) is 2.13. The fourth-order valence-electron chi connectivity index (χ4n) is 0.948. The quantitative estimate of drug-likeness (QED) is 0.692. The molecule has 0 saturated heterocycles. The average Bonchev–Trinajstić information content (AvgIpc) is 2.07. The first-order chi connectivity index (χ1) is 5.36. The molecule has 0 atom stereocenters. The molecule has 1 N–H and O–H groups in total. The summed E-state index contributed by atoms with van der Waals surface area (Å²) in [5.41, 5.74) is 1.34. The van der Waals surface area contributed by atoms with E-state index in [0.717, 1.165) is 6.54 Å². The van der Waals surface area contributed by atoms with Gasteiger partial charge in [0, 0.05) is 11.4 Å². The van der Waals surface area contributed by atoms with Crippen LogP contribution in [0.25, 0.3) is 0 Å². The Morgan fingerprint density at radius 2 is 1.91 bits per heavy atom. The van der Waals surface area contributed by atoms with E-state index >= 15 is 0 Å². The highest BCUT2D eigenvalue weighted by Gasteiger charge is 1.90. The van der Waals surface area contributed by atoms with Crippen LogP contribution in [0.1, 0.15) is 5.56 Å². The van der Waals surface area contributed by atoms with Crippen molar-refractivity contribution < 1.29 is 0 Å². The van der Waals surface area contributed by atoms with Crippen molar-refractivity contribution in [2.24, 2.45) is 0 Å². The van der Waals surface area contributed by atoms with Crippen LogP contribution in [0.2, 0.25) is 0 Å². The lowest BCUT2D eigenvalue weighted by Crippen LogP contribution is -2.04. The molecule has 0 radical (unpaired) electrons. The largest absolute Gasteiger partial charge is 0.316 e. The molecule has 1 aromatic carbocycles. The van der Waals surface area contributed by atoms with Crippen molar-refractivity contribution in [2.75, 3.05) is 13.3 Å². The van der Waals surface area contributed by atoms with Crippen LogP contribution < -0.4 is 5.32 Å². The monoisotopic (exact) mass is 167 g/mol. The SMILES string of the molecule is CNCc1ccc(SC)cc1. The van der Waals surface area contributed by atoms with E-state index in [-0.39, 0.29) is 0 Å². The molecule has 0 aliphatic carbocycles. The highest BCUT2D eigenvalue weighted by atomic mass is 32.2. The number of hydrogen-bond donors (Lipinski definition) is 1. The van der Waals surface area contributed by atoms with Crippen molar-refractivity contribution in [1.82, 2.24) is 5.32 Å². The zero-order valence-corrected chi connectivity index (χ0v) is 7.74. The van der Waals surface area contributed by atoms with Gasteiger partial charge in [0.15, 0.2) is 0 Å². The summed E-state index contributed by atoms with van der Waals surface area (Å²) in [7, 11) is 1.96. The zero-order valence-electron chi connectivity index (χ0n) is 6.92. The summed E-state index contributed by atoms with van der Waals surface area (Å²) in [5.74, 6) is 0. The number of benzene rings is 1. The Morgan fingerprint density at radius 1 is 1.27 bits per heavy atom. The van der Waals surface area contributed by atoms with Crippen molar-refractivity contribution in [3.05, 3.63) is 29.8 Å². The van der Waals surface area contributed by atoms with E-state index in [2.05, 4.69) is 35.8 Å². The van der Waals surface area contributed by atoms with Crippen LogP contribution in [0.4, 0.5) is 0 Å². The first-order valence-corrected chi connectivity index (χ1v) is 4.87. The second-order valence-electron chi connectivity index (χ2n) is 2.38. The fraction of sp³-hybridized carbons (Fsp3) is 0.333. The topological polar surface area (TPSA) is 12.0 Å². The summed E-state index contributed by atoms with van der Waals surface area (Å²) in [4.78, 5) is 1.32. The average molecular weight is 167 g/mol. The minimum atomic E-state index is 0.953. The van der Waals surface area contributed by atoms with Crippen LogP contribution in [0, 0.1) is 0 Å². The molecule has 1 aromatic rings. The summed E-state index contributed by atoms with van der Waals surface area (Å²) < 4.78 is 0. The van der Waals surface area contributed by atoms with Gasteiger partial charge >= 0.3 is 0 Å². The molecule has 0 heterocycles. The Labute approximate surface area is 72.2 Å². The molecule has 0 saturated carbocycles. The van der Waals surface area contributed by atoms with Gasteiger partial charge in [0.05, 0.1) is 0 Å². The first kappa shape index (κ1) is 8.62. The van der Waals surface area contributed by atoms with Gasteiger partial charge in [0.1, 0.15) is 0 Å². The minimum Gasteiger partial charge on any atom is -0.316 e. The maximum Gasteiger partial charge on any atom is 0.0202 e. The Balaban J connectivity index is 2.66. The molecule has 0 spiro atoms. The van der Waals surface area contributed by atoms with Gasteiger partial charge in [-0.3, -0.25) is 0 Å². The van der Waals surface area contributed by atoms with Crippen LogP contribution in [0.3, 0.4) is 0 Å². The van der Waals surface area contributed by atoms with Gasteiger partial charge in [-0.2, -0.15) is 0 Å². The van der Waals surface area contributed by atoms with Crippen LogP contribution in [-0.4, -0.2) is 13.3 Å². The number of thioether (sulfide) groups is 1. The second-order valence-corrected chi connectivity index (χ2v) is 3.26. The van der Waals surface area contributed by atoms with Crippen molar-refractivity contribution >= 4 is 11.8 Å². The molecular formula is C9H13NS. The maximum absolute atomic E-state index is 3.11. The van der Waals surface area contributed by atoms with Gasteiger partial charge in [0.2, 0.25) is 0 Å². The van der Waals surface area contributed by atoms with Gasteiger partial charge in [-0.15, -0.1) is 11.8 Å². The van der Waals surface area contributed by atoms with E-state index in [1.54, 1.807) is 11.8 Å². The highest BCUT2D eigenvalue weighted by Crippen LogP contribution is 2.14. The van der Waals surface area contributed by atoms with Crippen LogP contribution in [0.15, 0.2) is 29.2 Å². The number of hydrogen-bond acceptors (Lipinski definition) is 2. The standard InChI is InChI=1S/C9H13NS/c1-10-7-8-3-5-9(11-2)6-4-8/h3-6,10H,7H2,1-2H3. The van der Waals surface area contributed by atoms with Gasteiger partial charge in [0.25, 0.3) is 0 Å². The molecule has 2 heteroatoms. The predicted molar refractivity (Wildman–Crippen MR) is 51.0 cm³/mol. The molecule has 0 unspecified atom stereocenters. The summed E-state index contributed by atoms with van der Waals surface area (Å²) >= 11 is 1.78. The summed E-state index contributed by atoms with van der Waals surface area (Å²) in [6.07, 6.45) is 2.09. The fourth-order valence-corrected chi connectivity index (χ4v) is 1.36. The summed E-state index contributed by atoms with van der Waals surface area (Å²) in [5, 5.41) is 3.11. The van der Waals surface area contributed by atoms with Gasteiger partial charge < -0.3 is 5.32 Å². The molecule has 0 amide bonds. The minimum absolute atomic E-state index is 0.953. The van der Waals surface area contributed by atoms with Crippen LogP contribution in [-0.2, 0) is 6.54 Å². The lowest BCUT2D eigenvalue weighted by molar-refractivity contribution is 0.817. The normalized spacial score (nSPS) is 10.0. The third-order valence-corrected chi connectivity index (χ3v) is 2.28. The maximum atomic E-state index is 3.11. The molecule has 0 fully saturated rings. The molecular weight excluding hydrogens is 154 g/mol. The number of rotatable bonds is 3. The lowest BCUT2D eigenvalue weighted by atomic mass is 10.2. The molecule has 11 heavy (non-hydrogen) atoms. The molecule has 0 aromatic heterocycles. The Bertz CT molecular complexity index is 205. The van der Waals surface area contributed by atoms with E-state index in [1.165, 1.54) is 10.5 Å². The van der Waals surface area contributed by atoms with E-state index in [9.17, 15) is 0 Å². The third-order valence-electron chi connectivity index (χ3n) is 1.54. The summed E-state index contributed by atoms with van der Waals surface area (Å²) in [6.45, 7) is 0.953. The Kier molecular flexibility index (Phi) is 3.46. The molecule has 1 nitrogen and oxygen atoms in total. The van der Waals surface area contributed by atoms with Crippen molar-refractivity contribution in [2.45, 2.75) is 11.4 Å². The third kappa shape index (κ3) is 2.56. The van der Waals surface area contributed by atoms with E-state index in [1.807, 2.05) is 7.05 Å². The van der Waals surface area contributed by atoms with Gasteiger partial charge in [-0.1, -0.05) is 12.1 Å². The van der Waals surface area contributed by atoms with Gasteiger partial charge in [-0.25, -0.2) is 0 Å². The smallest absolute Gasteiger partial charge is 0.0202 e. The second kappa shape index (κ2) is 4.42. The molecule has 60 valence electrons. The van der Waals surface area contributed by atoms with Crippen LogP contribution >= 0.6 is 11.8 Å². The van der Waals surface area contributed by atoms with E-state index in [4.69, 9.17) is 0 Å². The van der Waals surface area contributed by atoms with Crippen molar-refractivity contribution in [3.8, 4) is 0 Å². The Hall–Kier alpha value is -0.470. The lowest BCUT2D eigenvalue weighted by Gasteiger charge is -2.00. The highest BCUT2D eigenvalue weighted by molar-refractivity contribution is 7.98. The first-order valence-electron chi connectivity index (χ1n) is 3.64. The van der Waals surface area contributed by atoms with Crippen molar-refractivity contribution in [3.63, 3.8) is 0 Å². The van der Waals surface area contributed by atoms with E-state index in [0.29, 0.717) is 0 Å². The van der Waals surface area contributed by atoms with Crippen molar-refractivity contribution in [1.29, 1.82) is 0 Å². The summed E-state index contributed by atoms with van der Waals surface area (Å²) in [6, 6.07) is 8.61.